The minimum atomic E-state index is -1.07. The number of carboxylic acids is 1. The van der Waals surface area contributed by atoms with Crippen molar-refractivity contribution in [1.82, 2.24) is 4.90 Å². The molecular formula is C11H20N2O4. The van der Waals surface area contributed by atoms with Gasteiger partial charge in [-0.1, -0.05) is 0 Å². The number of carbonyl (C=O) groups is 2. The van der Waals surface area contributed by atoms with Crippen LogP contribution in [0.5, 0.6) is 0 Å². The third-order valence-corrected chi connectivity index (χ3v) is 2.87. The quantitative estimate of drug-likeness (QED) is 0.621. The highest BCUT2D eigenvalue weighted by Gasteiger charge is 2.38. The maximum Gasteiger partial charge on any atom is 0.326 e. The van der Waals surface area contributed by atoms with Gasteiger partial charge in [0.15, 0.2) is 0 Å². The maximum atomic E-state index is 11.8. The van der Waals surface area contributed by atoms with E-state index in [4.69, 9.17) is 10.8 Å². The fraction of sp³-hybridized carbons (Fsp3) is 0.818. The molecule has 1 aliphatic heterocycles. The Morgan fingerprint density at radius 3 is 2.53 bits per heavy atom. The zero-order valence-electron chi connectivity index (χ0n) is 10.2. The lowest BCUT2D eigenvalue weighted by molar-refractivity contribution is -0.148. The van der Waals surface area contributed by atoms with E-state index < -0.39 is 23.7 Å². The van der Waals surface area contributed by atoms with Gasteiger partial charge < -0.3 is 20.8 Å². The lowest BCUT2D eigenvalue weighted by Gasteiger charge is -2.24. The van der Waals surface area contributed by atoms with E-state index in [2.05, 4.69) is 0 Å². The molecule has 0 aliphatic carbocycles. The molecular weight excluding hydrogens is 224 g/mol. The van der Waals surface area contributed by atoms with Crippen LogP contribution in [-0.4, -0.2) is 51.2 Å². The van der Waals surface area contributed by atoms with Crippen LogP contribution in [0.15, 0.2) is 0 Å². The molecule has 6 heteroatoms. The van der Waals surface area contributed by atoms with Crippen LogP contribution in [0.4, 0.5) is 0 Å². The zero-order valence-corrected chi connectivity index (χ0v) is 10.2. The number of β-amino-alcohol motifs (C(OH)–C–C–N with tert-alkyl or cyclic N) is 1. The number of carboxylic acid groups (broad SMARTS) is 1. The van der Waals surface area contributed by atoms with Crippen molar-refractivity contribution in [2.75, 3.05) is 6.54 Å². The summed E-state index contributed by atoms with van der Waals surface area (Å²) in [6.45, 7) is 3.72. The van der Waals surface area contributed by atoms with Gasteiger partial charge >= 0.3 is 5.97 Å². The Bertz CT molecular complexity index is 311. The monoisotopic (exact) mass is 244 g/mol. The van der Waals surface area contributed by atoms with Crippen molar-refractivity contribution in [2.24, 2.45) is 5.73 Å². The van der Waals surface area contributed by atoms with Crippen LogP contribution < -0.4 is 5.73 Å². The second-order valence-electron chi connectivity index (χ2n) is 5.28. The number of hydrogen-bond acceptors (Lipinski definition) is 4. The summed E-state index contributed by atoms with van der Waals surface area (Å²) >= 11 is 0. The van der Waals surface area contributed by atoms with Gasteiger partial charge in [0.25, 0.3) is 0 Å². The van der Waals surface area contributed by atoms with E-state index in [0.717, 1.165) is 0 Å². The first-order chi connectivity index (χ1) is 7.70. The number of hydrogen-bond donors (Lipinski definition) is 3. The normalized spacial score (nSPS) is 25.1. The van der Waals surface area contributed by atoms with Gasteiger partial charge in [-0.3, -0.25) is 4.79 Å². The van der Waals surface area contributed by atoms with Gasteiger partial charge in [-0.05, 0) is 20.3 Å². The summed E-state index contributed by atoms with van der Waals surface area (Å²) in [5.41, 5.74) is 5.32. The number of nitrogens with zero attached hydrogens (tertiary/aromatic N) is 1. The van der Waals surface area contributed by atoms with Gasteiger partial charge in [-0.2, -0.15) is 0 Å². The van der Waals surface area contributed by atoms with Crippen molar-refractivity contribution in [2.45, 2.75) is 50.8 Å². The summed E-state index contributed by atoms with van der Waals surface area (Å²) < 4.78 is 0. The molecule has 2 atom stereocenters. The van der Waals surface area contributed by atoms with Crippen LogP contribution in [0.1, 0.15) is 33.1 Å². The fourth-order valence-corrected chi connectivity index (χ4v) is 1.90. The smallest absolute Gasteiger partial charge is 0.326 e. The Hall–Kier alpha value is -1.14. The SMILES string of the molecule is CC(C)(N)CCC(=O)N1C[C@H](O)C[C@H]1C(=O)O. The first kappa shape index (κ1) is 13.9. The van der Waals surface area contributed by atoms with Crippen LogP contribution >= 0.6 is 0 Å². The Balaban J connectivity index is 2.59. The molecule has 98 valence electrons. The number of nitrogens with two attached hydrogens (primary N) is 1. The van der Waals surface area contributed by atoms with Crippen LogP contribution in [0.3, 0.4) is 0 Å². The highest BCUT2D eigenvalue weighted by molar-refractivity contribution is 5.84. The summed E-state index contributed by atoms with van der Waals surface area (Å²) in [6.07, 6.45) is 0.0589. The van der Waals surface area contributed by atoms with Crippen LogP contribution in [0.25, 0.3) is 0 Å². The molecule has 0 saturated carbocycles. The topological polar surface area (TPSA) is 104 Å². The van der Waals surface area contributed by atoms with Crippen molar-refractivity contribution in [1.29, 1.82) is 0 Å². The first-order valence-corrected chi connectivity index (χ1v) is 5.70. The van der Waals surface area contributed by atoms with E-state index in [-0.39, 0.29) is 25.3 Å². The highest BCUT2D eigenvalue weighted by Crippen LogP contribution is 2.20. The molecule has 1 aliphatic rings. The largest absolute Gasteiger partial charge is 0.480 e. The number of aliphatic carboxylic acids is 1. The van der Waals surface area contributed by atoms with E-state index in [1.165, 1.54) is 4.90 Å². The predicted molar refractivity (Wildman–Crippen MR) is 61.3 cm³/mol. The van der Waals surface area contributed by atoms with Gasteiger partial charge in [-0.25, -0.2) is 4.79 Å². The fourth-order valence-electron chi connectivity index (χ4n) is 1.90. The number of carbonyl (C=O) groups excluding carboxylic acids is 1. The maximum absolute atomic E-state index is 11.8. The second-order valence-corrected chi connectivity index (χ2v) is 5.28. The summed E-state index contributed by atoms with van der Waals surface area (Å²) in [7, 11) is 0. The Morgan fingerprint density at radius 1 is 1.47 bits per heavy atom. The standard InChI is InChI=1S/C11H20N2O4/c1-11(2,12)4-3-9(15)13-6-7(14)5-8(13)10(16)17/h7-8,14H,3-6,12H2,1-2H3,(H,16,17)/t7-,8+/m1/s1. The third kappa shape index (κ3) is 3.98. The molecule has 17 heavy (non-hydrogen) atoms. The minimum absolute atomic E-state index is 0.0980. The molecule has 1 fully saturated rings. The molecule has 1 amide bonds. The van der Waals surface area contributed by atoms with E-state index in [0.29, 0.717) is 6.42 Å². The van der Waals surface area contributed by atoms with Gasteiger partial charge in [0.2, 0.25) is 5.91 Å². The van der Waals surface area contributed by atoms with Gasteiger partial charge in [0.1, 0.15) is 6.04 Å². The molecule has 0 bridgehead atoms. The second kappa shape index (κ2) is 5.01. The van der Waals surface area contributed by atoms with Crippen molar-refractivity contribution in [3.63, 3.8) is 0 Å². The molecule has 0 radical (unpaired) electrons. The third-order valence-electron chi connectivity index (χ3n) is 2.87. The van der Waals surface area contributed by atoms with Crippen molar-refractivity contribution < 1.29 is 19.8 Å². The Kier molecular flexibility index (Phi) is 4.11. The number of aliphatic hydroxyl groups is 1. The van der Waals surface area contributed by atoms with E-state index >= 15 is 0 Å². The summed E-state index contributed by atoms with van der Waals surface area (Å²) in [5, 5.41) is 18.4. The van der Waals surface area contributed by atoms with Crippen molar-refractivity contribution in [3.05, 3.63) is 0 Å². The van der Waals surface area contributed by atoms with Crippen LogP contribution in [0, 0.1) is 0 Å². The molecule has 1 saturated heterocycles. The first-order valence-electron chi connectivity index (χ1n) is 5.70. The molecule has 1 heterocycles. The average molecular weight is 244 g/mol. The number of aliphatic hydroxyl groups excluding tert-OH is 1. The highest BCUT2D eigenvalue weighted by atomic mass is 16.4. The molecule has 0 aromatic rings. The lowest BCUT2D eigenvalue weighted by Crippen LogP contribution is -2.42. The molecule has 0 unspecified atom stereocenters. The van der Waals surface area contributed by atoms with Crippen molar-refractivity contribution in [3.8, 4) is 0 Å². The molecule has 1 rings (SSSR count). The summed E-state index contributed by atoms with van der Waals surface area (Å²) in [6, 6.07) is -0.904. The lowest BCUT2D eigenvalue weighted by atomic mass is 9.99. The summed E-state index contributed by atoms with van der Waals surface area (Å²) in [4.78, 5) is 24.0. The zero-order chi connectivity index (χ0) is 13.2. The number of likely N-dealkylation sites (tertiary alicyclic amines) is 1. The summed E-state index contributed by atoms with van der Waals surface area (Å²) in [5.74, 6) is -1.32. The molecule has 0 aromatic heterocycles. The van der Waals surface area contributed by atoms with Gasteiger partial charge in [0.05, 0.1) is 6.10 Å². The average Bonchev–Trinajstić information content (AvgIpc) is 2.55. The van der Waals surface area contributed by atoms with Gasteiger partial charge in [0, 0.05) is 24.9 Å². The van der Waals surface area contributed by atoms with Crippen molar-refractivity contribution >= 4 is 11.9 Å². The molecule has 6 nitrogen and oxygen atoms in total. The predicted octanol–water partition coefficient (Wildman–Crippen LogP) is -0.450. The molecule has 4 N–H and O–H groups in total. The molecule has 0 spiro atoms. The number of amides is 1. The van der Waals surface area contributed by atoms with E-state index in [1.54, 1.807) is 0 Å². The van der Waals surface area contributed by atoms with Crippen LogP contribution in [-0.2, 0) is 9.59 Å². The Labute approximate surface area is 100 Å². The molecule has 0 aromatic carbocycles. The minimum Gasteiger partial charge on any atom is -0.480 e. The van der Waals surface area contributed by atoms with Crippen LogP contribution in [0.2, 0.25) is 0 Å². The van der Waals surface area contributed by atoms with E-state index in [1.807, 2.05) is 13.8 Å². The van der Waals surface area contributed by atoms with Gasteiger partial charge in [-0.15, -0.1) is 0 Å². The van der Waals surface area contributed by atoms with E-state index in [9.17, 15) is 14.7 Å². The Morgan fingerprint density at radius 2 is 2.06 bits per heavy atom. The number of rotatable bonds is 4.